The van der Waals surface area contributed by atoms with E-state index >= 15 is 0 Å². The molecule has 32 heavy (non-hydrogen) atoms. The van der Waals surface area contributed by atoms with E-state index in [1.165, 1.54) is 18.7 Å². The van der Waals surface area contributed by atoms with Gasteiger partial charge in [0.2, 0.25) is 5.91 Å². The van der Waals surface area contributed by atoms with Crippen molar-refractivity contribution in [2.45, 2.75) is 84.5 Å². The molecule has 0 aromatic heterocycles. The van der Waals surface area contributed by atoms with Crippen molar-refractivity contribution in [1.29, 1.82) is 0 Å². The van der Waals surface area contributed by atoms with Gasteiger partial charge in [0.05, 0.1) is 6.10 Å². The molecule has 1 amide bonds. The van der Waals surface area contributed by atoms with Crippen LogP contribution < -0.4 is 5.32 Å². The number of carbonyl (C=O) groups is 2. The summed E-state index contributed by atoms with van der Waals surface area (Å²) in [5.74, 6) is -1.05. The van der Waals surface area contributed by atoms with E-state index in [2.05, 4.69) is 38.7 Å². The average Bonchev–Trinajstić information content (AvgIpc) is 2.68. The van der Waals surface area contributed by atoms with Crippen LogP contribution in [-0.4, -0.2) is 56.4 Å². The molecular weight excluding hydrogens is 426 g/mol. The molecule has 0 aliphatic heterocycles. The van der Waals surface area contributed by atoms with Gasteiger partial charge in [0, 0.05) is 24.3 Å². The molecule has 0 spiro atoms. The number of thioether (sulfide) groups is 1. The van der Waals surface area contributed by atoms with Crippen molar-refractivity contribution in [1.82, 2.24) is 5.32 Å². The van der Waals surface area contributed by atoms with Crippen molar-refractivity contribution in [2.75, 3.05) is 11.5 Å². The highest BCUT2D eigenvalue weighted by Gasteiger charge is 2.62. The Morgan fingerprint density at radius 3 is 2.47 bits per heavy atom. The normalized spacial score (nSPS) is 35.5. The lowest BCUT2D eigenvalue weighted by atomic mass is 9.44. The molecule has 0 radical (unpaired) electrons. The number of amides is 1. The van der Waals surface area contributed by atoms with E-state index in [0.717, 1.165) is 24.8 Å². The van der Waals surface area contributed by atoms with Crippen molar-refractivity contribution in [3.8, 4) is 0 Å². The maximum atomic E-state index is 11.9. The lowest BCUT2D eigenvalue weighted by Gasteiger charge is -2.63. The molecule has 2 rings (SSSR count). The second kappa shape index (κ2) is 10.3. The standard InChI is InChI=1S/C25H41NO5S/c1-7-16(2)9-10-19-24(6)12-8-11-23(4,5)20(24)13-21(28)25(19,31)15-32-14-18(22(29)30)26-17(3)27/h7,9,18-21,28,31H,1,8,10-15H2,2-6H3,(H,26,27)(H,29,30)/t18-,19+,20?,21-,24+,25-/m0/s1. The Balaban J connectivity index is 2.33. The Hall–Kier alpha value is -1.31. The first-order chi connectivity index (χ1) is 14.8. The van der Waals surface area contributed by atoms with Crippen molar-refractivity contribution in [3.05, 3.63) is 24.3 Å². The second-order valence-corrected chi connectivity index (χ2v) is 11.7. The van der Waals surface area contributed by atoms with E-state index in [4.69, 9.17) is 0 Å². The van der Waals surface area contributed by atoms with Gasteiger partial charge in [-0.1, -0.05) is 51.5 Å². The van der Waals surface area contributed by atoms with E-state index in [9.17, 15) is 24.9 Å². The highest BCUT2D eigenvalue weighted by atomic mass is 32.2. The van der Waals surface area contributed by atoms with Gasteiger partial charge in [0.15, 0.2) is 0 Å². The number of carbonyl (C=O) groups excluding carboxylic acids is 1. The summed E-state index contributed by atoms with van der Waals surface area (Å²) in [7, 11) is 0. The van der Waals surface area contributed by atoms with Crippen molar-refractivity contribution < 1.29 is 24.9 Å². The third-order valence-corrected chi connectivity index (χ3v) is 9.24. The highest BCUT2D eigenvalue weighted by molar-refractivity contribution is 7.99. The molecule has 182 valence electrons. The van der Waals surface area contributed by atoms with Crippen molar-refractivity contribution >= 4 is 23.6 Å². The Morgan fingerprint density at radius 2 is 1.91 bits per heavy atom. The number of aliphatic carboxylic acids is 1. The van der Waals surface area contributed by atoms with Crippen LogP contribution in [-0.2, 0) is 9.59 Å². The summed E-state index contributed by atoms with van der Waals surface area (Å²) in [6.07, 6.45) is 7.35. The molecule has 6 nitrogen and oxygen atoms in total. The van der Waals surface area contributed by atoms with Crippen LogP contribution in [0.15, 0.2) is 24.3 Å². The highest BCUT2D eigenvalue weighted by Crippen LogP contribution is 2.63. The Kier molecular flexibility index (Phi) is 8.68. The topological polar surface area (TPSA) is 107 Å². The van der Waals surface area contributed by atoms with Gasteiger partial charge in [-0.05, 0) is 49.4 Å². The number of allylic oxidation sites excluding steroid dienone is 3. The van der Waals surface area contributed by atoms with Gasteiger partial charge < -0.3 is 20.6 Å². The van der Waals surface area contributed by atoms with Crippen LogP contribution in [0.3, 0.4) is 0 Å². The maximum absolute atomic E-state index is 11.9. The van der Waals surface area contributed by atoms with E-state index in [1.807, 2.05) is 6.92 Å². The van der Waals surface area contributed by atoms with Crippen LogP contribution >= 0.6 is 11.8 Å². The number of aliphatic hydroxyl groups excluding tert-OH is 1. The number of nitrogens with one attached hydrogen (secondary N) is 1. The fraction of sp³-hybridized carbons (Fsp3) is 0.760. The summed E-state index contributed by atoms with van der Waals surface area (Å²) in [4.78, 5) is 22.8. The van der Waals surface area contributed by atoms with Gasteiger partial charge in [-0.3, -0.25) is 4.79 Å². The minimum Gasteiger partial charge on any atom is -0.480 e. The monoisotopic (exact) mass is 467 g/mol. The summed E-state index contributed by atoms with van der Waals surface area (Å²) in [5, 5.41) is 35.0. The smallest absolute Gasteiger partial charge is 0.327 e. The Bertz CT molecular complexity index is 751. The fourth-order valence-electron chi connectivity index (χ4n) is 6.22. The SMILES string of the molecule is C=CC(C)=CC[C@H]1[C@@](O)(CSC[C@H](NC(C)=O)C(=O)O)[C@@H](O)CC2C(C)(C)CCC[C@@]21C. The number of hydrogen-bond acceptors (Lipinski definition) is 5. The van der Waals surface area contributed by atoms with Gasteiger partial charge in [-0.2, -0.15) is 11.8 Å². The van der Waals surface area contributed by atoms with E-state index in [-0.39, 0.29) is 34.2 Å². The minimum absolute atomic E-state index is 0.0811. The number of rotatable bonds is 9. The van der Waals surface area contributed by atoms with Gasteiger partial charge in [-0.15, -0.1) is 0 Å². The van der Waals surface area contributed by atoms with Crippen LogP contribution in [0.4, 0.5) is 0 Å². The molecule has 2 aliphatic rings. The third kappa shape index (κ3) is 5.60. The zero-order valence-corrected chi connectivity index (χ0v) is 21.0. The van der Waals surface area contributed by atoms with E-state index < -0.39 is 29.6 Å². The van der Waals surface area contributed by atoms with Gasteiger partial charge in [0.1, 0.15) is 11.6 Å². The van der Waals surface area contributed by atoms with Gasteiger partial charge in [-0.25, -0.2) is 4.79 Å². The number of carboxylic acids is 1. The van der Waals surface area contributed by atoms with Crippen LogP contribution in [0.2, 0.25) is 0 Å². The molecule has 6 atom stereocenters. The molecule has 2 fully saturated rings. The summed E-state index contributed by atoms with van der Waals surface area (Å²) in [6.45, 7) is 13.9. The summed E-state index contributed by atoms with van der Waals surface area (Å²) < 4.78 is 0. The molecule has 0 heterocycles. The Labute approximate surface area is 196 Å². The molecular formula is C25H41NO5S. The molecule has 0 saturated heterocycles. The summed E-state index contributed by atoms with van der Waals surface area (Å²) >= 11 is 1.28. The second-order valence-electron chi connectivity index (χ2n) is 10.7. The fourth-order valence-corrected chi connectivity index (χ4v) is 7.52. The van der Waals surface area contributed by atoms with Crippen molar-refractivity contribution in [3.63, 3.8) is 0 Å². The van der Waals surface area contributed by atoms with E-state index in [0.29, 0.717) is 12.8 Å². The van der Waals surface area contributed by atoms with Crippen LogP contribution in [0.25, 0.3) is 0 Å². The quantitative estimate of drug-likeness (QED) is 0.385. The first-order valence-corrected chi connectivity index (χ1v) is 12.7. The van der Waals surface area contributed by atoms with Crippen molar-refractivity contribution in [2.24, 2.45) is 22.7 Å². The van der Waals surface area contributed by atoms with Crippen LogP contribution in [0, 0.1) is 22.7 Å². The predicted molar refractivity (Wildman–Crippen MR) is 129 cm³/mol. The molecule has 0 bridgehead atoms. The zero-order valence-electron chi connectivity index (χ0n) is 20.2. The van der Waals surface area contributed by atoms with E-state index in [1.54, 1.807) is 6.08 Å². The first kappa shape index (κ1) is 26.9. The molecule has 1 unspecified atom stereocenters. The van der Waals surface area contributed by atoms with Gasteiger partial charge in [0.25, 0.3) is 0 Å². The summed E-state index contributed by atoms with van der Waals surface area (Å²) in [6, 6.07) is -1.03. The minimum atomic E-state index is -1.35. The molecule has 0 aromatic rings. The molecule has 7 heteroatoms. The third-order valence-electron chi connectivity index (χ3n) is 8.00. The molecule has 2 saturated carbocycles. The first-order valence-electron chi connectivity index (χ1n) is 11.5. The lowest BCUT2D eigenvalue weighted by Crippen LogP contribution is -2.65. The number of aliphatic hydroxyl groups is 2. The molecule has 2 aliphatic carbocycles. The summed E-state index contributed by atoms with van der Waals surface area (Å²) in [5.41, 5.74) is -0.372. The van der Waals surface area contributed by atoms with Gasteiger partial charge >= 0.3 is 5.97 Å². The maximum Gasteiger partial charge on any atom is 0.327 e. The number of fused-ring (bicyclic) bond motifs is 1. The Morgan fingerprint density at radius 1 is 1.25 bits per heavy atom. The van der Waals surface area contributed by atoms with Crippen LogP contribution in [0.5, 0.6) is 0 Å². The predicted octanol–water partition coefficient (Wildman–Crippen LogP) is 3.78. The molecule has 4 N–H and O–H groups in total. The number of carboxylic acid groups (broad SMARTS) is 1. The largest absolute Gasteiger partial charge is 0.480 e. The molecule has 0 aromatic carbocycles. The zero-order chi connectivity index (χ0) is 24.3. The average molecular weight is 468 g/mol. The number of hydrogen-bond donors (Lipinski definition) is 4. The lowest BCUT2D eigenvalue weighted by molar-refractivity contribution is -0.215. The van der Waals surface area contributed by atoms with Crippen LogP contribution in [0.1, 0.15) is 66.7 Å².